The first kappa shape index (κ1) is 81.6. The highest BCUT2D eigenvalue weighted by Crippen LogP contribution is 2.30. The predicted molar refractivity (Wildman–Crippen MR) is 364 cm³/mol. The summed E-state index contributed by atoms with van der Waals surface area (Å²) in [6, 6.07) is -0.781. The minimum Gasteiger partial charge on any atom is -0.369 e. The summed E-state index contributed by atoms with van der Waals surface area (Å²) in [6.45, 7) is 27.5. The van der Waals surface area contributed by atoms with Crippen LogP contribution in [-0.4, -0.2) is 87.7 Å². The summed E-state index contributed by atoms with van der Waals surface area (Å²) < 4.78 is 0. The van der Waals surface area contributed by atoms with Crippen LogP contribution in [0.3, 0.4) is 0 Å². The highest BCUT2D eigenvalue weighted by molar-refractivity contribution is 5.78. The van der Waals surface area contributed by atoms with E-state index in [4.69, 9.17) is 46.7 Å². The number of nitrogens with zero attached hydrogens (tertiary/aromatic N) is 3. The molecule has 0 saturated heterocycles. The van der Waals surface area contributed by atoms with Crippen molar-refractivity contribution in [3.63, 3.8) is 0 Å². The monoisotopic (exact) mass is 1230 g/mol. The zero-order valence-electron chi connectivity index (χ0n) is 58.2. The number of primary amides is 3. The summed E-state index contributed by atoms with van der Waals surface area (Å²) in [4.78, 5) is 73.6. The van der Waals surface area contributed by atoms with Crippen molar-refractivity contribution >= 4 is 35.6 Å². The molecular formula is C69H138N12O6. The second-order valence-electron chi connectivity index (χ2n) is 28.6. The topological polar surface area (TPSA) is 268 Å². The molecule has 0 radical (unpaired) electrons. The van der Waals surface area contributed by atoms with Gasteiger partial charge in [-0.05, 0) is 126 Å². The Morgan fingerprint density at radius 1 is 0.368 bits per heavy atom. The number of unbranched alkanes of at least 4 members (excludes halogenated alkanes) is 26. The maximum Gasteiger partial charge on any atom is 0.229 e. The van der Waals surface area contributed by atoms with Gasteiger partial charge in [-0.1, -0.05) is 207 Å². The van der Waals surface area contributed by atoms with Gasteiger partial charge in [0.05, 0.1) is 31.7 Å². The fourth-order valence-electron chi connectivity index (χ4n) is 11.3. The maximum atomic E-state index is 13.9. The van der Waals surface area contributed by atoms with Crippen molar-refractivity contribution < 1.29 is 28.9 Å². The largest absolute Gasteiger partial charge is 0.369 e. The number of carbonyl (C=O) groups is 3. The lowest BCUT2D eigenvalue weighted by atomic mass is 9.82. The van der Waals surface area contributed by atoms with Crippen molar-refractivity contribution in [2.45, 2.75) is 356 Å². The minimum atomic E-state index is -0.528. The molecule has 87 heavy (non-hydrogen) atoms. The van der Waals surface area contributed by atoms with Gasteiger partial charge < -0.3 is 47.7 Å². The van der Waals surface area contributed by atoms with Gasteiger partial charge >= 0.3 is 0 Å². The van der Waals surface area contributed by atoms with Crippen LogP contribution in [0.15, 0.2) is 0 Å². The molecular weight excluding hydrogens is 1090 g/mol. The van der Waals surface area contributed by atoms with E-state index >= 15 is 0 Å². The maximum absolute atomic E-state index is 13.9. The van der Waals surface area contributed by atoms with Crippen molar-refractivity contribution in [3.05, 3.63) is 0 Å². The first-order chi connectivity index (χ1) is 41.5. The highest BCUT2D eigenvalue weighted by Gasteiger charge is 2.32. The fraction of sp³-hybridized carbons (Fsp3) is 0.913. The molecule has 0 fully saturated rings. The SMILES string of the molecule is CCCCCCCCCCC(C(N)=O)C(CCCC(Nc1nc(NCCCCCCONC(C)(C)C)nc(NC(CCCCCONC(C)(C)C)C(CCCCCCCCCC)C(N)=O)n1)C(CCCCCCCCCC)C(N)=O)CONC(C)(C)C. The number of aromatic nitrogens is 3. The van der Waals surface area contributed by atoms with Gasteiger partial charge in [0.15, 0.2) is 0 Å². The van der Waals surface area contributed by atoms with Crippen LogP contribution in [0.2, 0.25) is 0 Å². The number of nitrogens with one attached hydrogen (secondary N) is 6. The molecule has 12 N–H and O–H groups in total. The van der Waals surface area contributed by atoms with E-state index in [1.54, 1.807) is 0 Å². The molecule has 1 rings (SSSR count). The van der Waals surface area contributed by atoms with Crippen LogP contribution < -0.4 is 49.6 Å². The normalized spacial score (nSPS) is 14.3. The van der Waals surface area contributed by atoms with E-state index in [9.17, 15) is 14.4 Å². The number of amides is 3. The molecule has 1 heterocycles. The number of hydroxylamine groups is 3. The third-order valence-corrected chi connectivity index (χ3v) is 16.2. The van der Waals surface area contributed by atoms with Crippen LogP contribution in [0.5, 0.6) is 0 Å². The lowest BCUT2D eigenvalue weighted by Gasteiger charge is -2.30. The van der Waals surface area contributed by atoms with Crippen LogP contribution >= 0.6 is 0 Å². The summed E-state index contributed by atoms with van der Waals surface area (Å²) in [5.74, 6) is -1.47. The summed E-state index contributed by atoms with van der Waals surface area (Å²) in [7, 11) is 0. The summed E-state index contributed by atoms with van der Waals surface area (Å²) in [5, 5.41) is 10.8. The van der Waals surface area contributed by atoms with Gasteiger partial charge in [0.25, 0.3) is 0 Å². The van der Waals surface area contributed by atoms with Crippen molar-refractivity contribution in [2.24, 2.45) is 40.9 Å². The molecule has 3 amide bonds. The minimum absolute atomic E-state index is 0.110. The Morgan fingerprint density at radius 3 is 1.07 bits per heavy atom. The van der Waals surface area contributed by atoms with Crippen molar-refractivity contribution in [3.8, 4) is 0 Å². The van der Waals surface area contributed by atoms with E-state index in [1.807, 2.05) is 20.8 Å². The van der Waals surface area contributed by atoms with Crippen LogP contribution in [0, 0.1) is 23.7 Å². The second kappa shape index (κ2) is 50.3. The Bertz CT molecular complexity index is 1840. The quantitative estimate of drug-likeness (QED) is 0.0217. The summed E-state index contributed by atoms with van der Waals surface area (Å²) in [6.07, 6.45) is 38.7. The third kappa shape index (κ3) is 46.3. The van der Waals surface area contributed by atoms with Gasteiger partial charge in [-0.3, -0.25) is 14.4 Å². The third-order valence-electron chi connectivity index (χ3n) is 16.2. The molecule has 0 bridgehead atoms. The molecule has 6 atom stereocenters. The first-order valence-corrected chi connectivity index (χ1v) is 35.6. The molecule has 1 aromatic rings. The average Bonchev–Trinajstić information content (AvgIpc) is 2.74. The molecule has 0 saturated carbocycles. The van der Waals surface area contributed by atoms with E-state index in [2.05, 4.69) is 94.7 Å². The zero-order chi connectivity index (χ0) is 64.6. The molecule has 6 unspecified atom stereocenters. The lowest BCUT2D eigenvalue weighted by Crippen LogP contribution is -2.40. The Kier molecular flexibility index (Phi) is 47.1. The van der Waals surface area contributed by atoms with E-state index < -0.39 is 17.9 Å². The molecule has 0 aliphatic carbocycles. The number of carbonyl (C=O) groups excluding carboxylic acids is 3. The molecule has 510 valence electrons. The average molecular weight is 1230 g/mol. The van der Waals surface area contributed by atoms with E-state index in [0.717, 1.165) is 103 Å². The van der Waals surface area contributed by atoms with Crippen LogP contribution in [0.25, 0.3) is 0 Å². The van der Waals surface area contributed by atoms with Crippen molar-refractivity contribution in [1.82, 2.24) is 31.4 Å². The van der Waals surface area contributed by atoms with Gasteiger partial charge in [0.2, 0.25) is 35.6 Å². The highest BCUT2D eigenvalue weighted by atomic mass is 16.7. The number of rotatable bonds is 60. The molecule has 1 aromatic heterocycles. The van der Waals surface area contributed by atoms with E-state index in [1.165, 1.54) is 96.3 Å². The second-order valence-corrected chi connectivity index (χ2v) is 28.6. The lowest BCUT2D eigenvalue weighted by molar-refractivity contribution is -0.126. The first-order valence-electron chi connectivity index (χ1n) is 35.6. The zero-order valence-corrected chi connectivity index (χ0v) is 58.2. The Morgan fingerprint density at radius 2 is 0.678 bits per heavy atom. The van der Waals surface area contributed by atoms with Crippen molar-refractivity contribution in [1.29, 1.82) is 0 Å². The molecule has 0 aromatic carbocycles. The Balaban J connectivity index is 3.80. The van der Waals surface area contributed by atoms with E-state index in [-0.39, 0.29) is 52.2 Å². The number of hydrogen-bond donors (Lipinski definition) is 9. The summed E-state index contributed by atoms with van der Waals surface area (Å²) in [5.41, 5.74) is 27.9. The van der Waals surface area contributed by atoms with Crippen LogP contribution in [0.4, 0.5) is 17.8 Å². The molecule has 0 aliphatic rings. The van der Waals surface area contributed by atoms with Gasteiger partial charge in [-0.2, -0.15) is 31.4 Å². The Hall–Kier alpha value is -3.42. The molecule has 18 heteroatoms. The fourth-order valence-corrected chi connectivity index (χ4v) is 11.3. The Labute approximate surface area is 532 Å². The molecule has 0 aliphatic heterocycles. The molecule has 18 nitrogen and oxygen atoms in total. The smallest absolute Gasteiger partial charge is 0.229 e. The summed E-state index contributed by atoms with van der Waals surface area (Å²) >= 11 is 0. The van der Waals surface area contributed by atoms with Gasteiger partial charge in [0, 0.05) is 41.2 Å². The van der Waals surface area contributed by atoms with E-state index in [0.29, 0.717) is 89.2 Å². The van der Waals surface area contributed by atoms with Crippen LogP contribution in [0.1, 0.15) is 327 Å². The van der Waals surface area contributed by atoms with Gasteiger partial charge in [0.1, 0.15) is 0 Å². The predicted octanol–water partition coefficient (Wildman–Crippen LogP) is 15.6. The van der Waals surface area contributed by atoms with Gasteiger partial charge in [-0.25, -0.2) is 0 Å². The van der Waals surface area contributed by atoms with Gasteiger partial charge in [-0.15, -0.1) is 0 Å². The number of hydrogen-bond acceptors (Lipinski definition) is 15. The van der Waals surface area contributed by atoms with Crippen molar-refractivity contribution in [2.75, 3.05) is 42.3 Å². The molecule has 0 spiro atoms. The number of nitrogens with two attached hydrogens (primary N) is 3. The standard InChI is InChI=1S/C69H138N12O6/c1-13-16-19-22-25-28-31-37-46-56(61(70)82)55(54-87-81-69(10,11)12)45-44-50-60(58(63(72)84)48-39-33-30-27-24-21-18-15-3)75-66-77-64(73-51-41-34-35-42-52-85-79-67(4,5)6)76-65(78-66)74-59(49-40-36-43-53-86-80-68(7,8)9)57(62(71)83)47-38-32-29-26-23-20-17-14-2/h55-60,79-81H,13-54H2,1-12H3,(H2,70,82)(H2,71,83)(H2,72,84)(H3,73,74,75,76,77,78). The number of anilines is 3. The van der Waals surface area contributed by atoms with Crippen LogP contribution in [-0.2, 0) is 28.9 Å².